The minimum Gasteiger partial charge on any atom is -0.436 e. The van der Waals surface area contributed by atoms with E-state index in [4.69, 9.17) is 4.74 Å². The van der Waals surface area contributed by atoms with Crippen molar-refractivity contribution in [2.45, 2.75) is 13.8 Å². The van der Waals surface area contributed by atoms with Gasteiger partial charge in [-0.3, -0.25) is 0 Å². The van der Waals surface area contributed by atoms with Crippen molar-refractivity contribution in [3.8, 4) is 11.6 Å². The van der Waals surface area contributed by atoms with E-state index in [0.717, 1.165) is 11.3 Å². The summed E-state index contributed by atoms with van der Waals surface area (Å²) in [6, 6.07) is 6.03. The predicted molar refractivity (Wildman–Crippen MR) is 67.6 cm³/mol. The number of rotatable bonds is 3. The molecule has 0 aliphatic carbocycles. The van der Waals surface area contributed by atoms with E-state index in [0.29, 0.717) is 11.7 Å². The number of ether oxygens (including phenoxy) is 1. The summed E-state index contributed by atoms with van der Waals surface area (Å²) >= 11 is 0. The number of aryl methyl sites for hydroxylation is 2. The first-order chi connectivity index (χ1) is 8.20. The Labute approximate surface area is 101 Å². The average molecular weight is 229 g/mol. The molecule has 0 bridgehead atoms. The summed E-state index contributed by atoms with van der Waals surface area (Å²) < 4.78 is 5.75. The van der Waals surface area contributed by atoms with Crippen LogP contribution in [0.4, 0.5) is 5.82 Å². The molecule has 0 radical (unpaired) electrons. The maximum atomic E-state index is 5.75. The first-order valence-electron chi connectivity index (χ1n) is 5.44. The number of nitrogens with one attached hydrogen (secondary N) is 1. The van der Waals surface area contributed by atoms with E-state index in [-0.39, 0.29) is 0 Å². The Kier molecular flexibility index (Phi) is 3.23. The number of hydrogen-bond acceptors (Lipinski definition) is 4. The van der Waals surface area contributed by atoms with Gasteiger partial charge in [0.15, 0.2) is 5.82 Å². The molecule has 1 aromatic carbocycles. The Hall–Kier alpha value is -2.10. The lowest BCUT2D eigenvalue weighted by Gasteiger charge is -2.10. The molecule has 1 N–H and O–H groups in total. The first-order valence-corrected chi connectivity index (χ1v) is 5.44. The van der Waals surface area contributed by atoms with Crippen molar-refractivity contribution < 1.29 is 4.74 Å². The molecule has 0 aliphatic rings. The summed E-state index contributed by atoms with van der Waals surface area (Å²) in [4.78, 5) is 8.30. The van der Waals surface area contributed by atoms with Gasteiger partial charge in [0.05, 0.1) is 0 Å². The van der Waals surface area contributed by atoms with Gasteiger partial charge in [0.2, 0.25) is 0 Å². The van der Waals surface area contributed by atoms with Crippen LogP contribution in [0.25, 0.3) is 0 Å². The third-order valence-corrected chi connectivity index (χ3v) is 2.44. The molecule has 4 heteroatoms. The number of benzene rings is 1. The van der Waals surface area contributed by atoms with Crippen molar-refractivity contribution >= 4 is 5.82 Å². The van der Waals surface area contributed by atoms with Crippen molar-refractivity contribution in [2.75, 3.05) is 12.4 Å². The highest BCUT2D eigenvalue weighted by atomic mass is 16.5. The van der Waals surface area contributed by atoms with E-state index in [9.17, 15) is 0 Å². The molecule has 0 aliphatic heterocycles. The van der Waals surface area contributed by atoms with E-state index < -0.39 is 0 Å². The van der Waals surface area contributed by atoms with Gasteiger partial charge in [0.25, 0.3) is 5.88 Å². The van der Waals surface area contributed by atoms with Crippen LogP contribution in [0.1, 0.15) is 11.1 Å². The molecule has 1 aromatic heterocycles. The van der Waals surface area contributed by atoms with E-state index in [1.807, 2.05) is 19.1 Å². The van der Waals surface area contributed by atoms with Crippen LogP contribution in [0.3, 0.4) is 0 Å². The van der Waals surface area contributed by atoms with E-state index in [1.54, 1.807) is 19.4 Å². The predicted octanol–water partition coefficient (Wildman–Crippen LogP) is 2.93. The van der Waals surface area contributed by atoms with Crippen molar-refractivity contribution in [3.63, 3.8) is 0 Å². The quantitative estimate of drug-likeness (QED) is 0.879. The van der Waals surface area contributed by atoms with Crippen molar-refractivity contribution in [3.05, 3.63) is 41.7 Å². The van der Waals surface area contributed by atoms with Gasteiger partial charge in [0.1, 0.15) is 5.75 Å². The number of aromatic nitrogens is 2. The zero-order valence-electron chi connectivity index (χ0n) is 10.2. The third-order valence-electron chi connectivity index (χ3n) is 2.44. The molecule has 2 rings (SSSR count). The van der Waals surface area contributed by atoms with Crippen molar-refractivity contribution in [1.29, 1.82) is 0 Å². The van der Waals surface area contributed by atoms with Gasteiger partial charge in [-0.1, -0.05) is 17.7 Å². The maximum absolute atomic E-state index is 5.75. The molecule has 0 atom stereocenters. The number of anilines is 1. The molecular weight excluding hydrogens is 214 g/mol. The molecule has 17 heavy (non-hydrogen) atoms. The SMILES string of the molecule is CNc1nccnc1Oc1ccc(C)cc1C. The Morgan fingerprint density at radius 2 is 1.88 bits per heavy atom. The lowest BCUT2D eigenvalue weighted by molar-refractivity contribution is 0.459. The smallest absolute Gasteiger partial charge is 0.262 e. The maximum Gasteiger partial charge on any atom is 0.262 e. The Morgan fingerprint density at radius 3 is 2.59 bits per heavy atom. The van der Waals surface area contributed by atoms with E-state index in [1.165, 1.54) is 5.56 Å². The summed E-state index contributed by atoms with van der Waals surface area (Å²) in [6.07, 6.45) is 3.24. The van der Waals surface area contributed by atoms with E-state index >= 15 is 0 Å². The van der Waals surface area contributed by atoms with E-state index in [2.05, 4.69) is 28.3 Å². The molecule has 0 saturated carbocycles. The zero-order valence-corrected chi connectivity index (χ0v) is 10.2. The van der Waals surface area contributed by atoms with Gasteiger partial charge < -0.3 is 10.1 Å². The van der Waals surface area contributed by atoms with Crippen LogP contribution in [0.5, 0.6) is 11.6 Å². The monoisotopic (exact) mass is 229 g/mol. The molecule has 1 heterocycles. The van der Waals surface area contributed by atoms with Gasteiger partial charge in [-0.2, -0.15) is 0 Å². The van der Waals surface area contributed by atoms with Crippen LogP contribution >= 0.6 is 0 Å². The Balaban J connectivity index is 2.31. The molecule has 4 nitrogen and oxygen atoms in total. The van der Waals surface area contributed by atoms with Gasteiger partial charge in [0, 0.05) is 19.4 Å². The highest BCUT2D eigenvalue weighted by Gasteiger charge is 2.07. The third kappa shape index (κ3) is 2.53. The molecule has 0 fully saturated rings. The second-order valence-corrected chi connectivity index (χ2v) is 3.83. The fourth-order valence-electron chi connectivity index (χ4n) is 1.59. The largest absolute Gasteiger partial charge is 0.436 e. The minimum atomic E-state index is 0.488. The summed E-state index contributed by atoms with van der Waals surface area (Å²) in [7, 11) is 1.79. The normalized spacial score (nSPS) is 10.1. The van der Waals surface area contributed by atoms with Crippen molar-refractivity contribution in [1.82, 2.24) is 9.97 Å². The molecule has 0 saturated heterocycles. The van der Waals surface area contributed by atoms with Gasteiger partial charge in [-0.05, 0) is 25.5 Å². The summed E-state index contributed by atoms with van der Waals surface area (Å²) in [5.74, 6) is 1.92. The van der Waals surface area contributed by atoms with Crippen LogP contribution in [-0.2, 0) is 0 Å². The Bertz CT molecular complexity index is 526. The average Bonchev–Trinajstić information content (AvgIpc) is 2.33. The molecule has 0 amide bonds. The van der Waals surface area contributed by atoms with Crippen LogP contribution in [0.15, 0.2) is 30.6 Å². The molecule has 88 valence electrons. The fraction of sp³-hybridized carbons (Fsp3) is 0.231. The van der Waals surface area contributed by atoms with Crippen LogP contribution in [0, 0.1) is 13.8 Å². The van der Waals surface area contributed by atoms with Gasteiger partial charge in [-0.25, -0.2) is 9.97 Å². The summed E-state index contributed by atoms with van der Waals surface area (Å²) in [5.41, 5.74) is 2.29. The molecule has 2 aromatic rings. The second-order valence-electron chi connectivity index (χ2n) is 3.83. The first kappa shape index (κ1) is 11.4. The zero-order chi connectivity index (χ0) is 12.3. The highest BCUT2D eigenvalue weighted by Crippen LogP contribution is 2.27. The summed E-state index contributed by atoms with van der Waals surface area (Å²) in [5, 5.41) is 2.95. The van der Waals surface area contributed by atoms with Crippen molar-refractivity contribution in [2.24, 2.45) is 0 Å². The number of hydrogen-bond donors (Lipinski definition) is 1. The second kappa shape index (κ2) is 4.82. The molecule has 0 spiro atoms. The van der Waals surface area contributed by atoms with Crippen LogP contribution in [0.2, 0.25) is 0 Å². The minimum absolute atomic E-state index is 0.488. The molecule has 0 unspecified atom stereocenters. The lowest BCUT2D eigenvalue weighted by atomic mass is 10.1. The topological polar surface area (TPSA) is 47.0 Å². The molecular formula is C13H15N3O. The Morgan fingerprint density at radius 1 is 1.12 bits per heavy atom. The van der Waals surface area contributed by atoms with Gasteiger partial charge in [-0.15, -0.1) is 0 Å². The standard InChI is InChI=1S/C13H15N3O/c1-9-4-5-11(10(2)8-9)17-13-12(14-3)15-6-7-16-13/h4-8H,1-3H3,(H,14,15). The number of nitrogens with zero attached hydrogens (tertiary/aromatic N) is 2. The lowest BCUT2D eigenvalue weighted by Crippen LogP contribution is -1.98. The highest BCUT2D eigenvalue weighted by molar-refractivity contribution is 5.47. The van der Waals surface area contributed by atoms with Crippen LogP contribution in [-0.4, -0.2) is 17.0 Å². The van der Waals surface area contributed by atoms with Gasteiger partial charge >= 0.3 is 0 Å². The summed E-state index contributed by atoms with van der Waals surface area (Å²) in [6.45, 7) is 4.07. The van der Waals surface area contributed by atoms with Crippen LogP contribution < -0.4 is 10.1 Å². The fourth-order valence-corrected chi connectivity index (χ4v) is 1.59.